The molecule has 5 heteroatoms. The zero-order valence-electron chi connectivity index (χ0n) is 12.1. The van der Waals surface area contributed by atoms with Gasteiger partial charge in [0.05, 0.1) is 6.42 Å². The molecule has 18 heavy (non-hydrogen) atoms. The topological polar surface area (TPSA) is 69.6 Å². The Bertz CT molecular complexity index is 284. The van der Waals surface area contributed by atoms with Crippen LogP contribution in [0.4, 0.5) is 4.79 Å². The molecule has 2 amide bonds. The van der Waals surface area contributed by atoms with Crippen LogP contribution in [0.3, 0.4) is 0 Å². The summed E-state index contributed by atoms with van der Waals surface area (Å²) >= 11 is 0. The minimum absolute atomic E-state index is 0.0566. The van der Waals surface area contributed by atoms with Gasteiger partial charge in [-0.3, -0.25) is 4.79 Å². The van der Waals surface area contributed by atoms with Gasteiger partial charge in [0.2, 0.25) is 0 Å². The molecule has 0 aromatic carbocycles. The molecule has 0 aromatic heterocycles. The molecule has 0 radical (unpaired) electrons. The van der Waals surface area contributed by atoms with Gasteiger partial charge in [0.15, 0.2) is 0 Å². The third-order valence-electron chi connectivity index (χ3n) is 2.88. The maximum atomic E-state index is 12.0. The Kier molecular flexibility index (Phi) is 6.73. The number of nitrogens with one attached hydrogen (secondary N) is 1. The highest BCUT2D eigenvalue weighted by atomic mass is 16.4. The van der Waals surface area contributed by atoms with E-state index in [4.69, 9.17) is 5.11 Å². The van der Waals surface area contributed by atoms with Gasteiger partial charge >= 0.3 is 12.0 Å². The zero-order valence-corrected chi connectivity index (χ0v) is 12.1. The fourth-order valence-electron chi connectivity index (χ4n) is 1.66. The van der Waals surface area contributed by atoms with Crippen LogP contribution in [0.5, 0.6) is 0 Å². The molecular formula is C13H26N2O3. The van der Waals surface area contributed by atoms with Crippen LogP contribution in [0.25, 0.3) is 0 Å². The maximum Gasteiger partial charge on any atom is 0.317 e. The lowest BCUT2D eigenvalue weighted by Gasteiger charge is -2.32. The number of aliphatic carboxylic acids is 1. The number of amides is 2. The molecule has 1 atom stereocenters. The second-order valence-corrected chi connectivity index (χ2v) is 5.55. The number of carbonyl (C=O) groups is 2. The molecule has 0 saturated heterocycles. The summed E-state index contributed by atoms with van der Waals surface area (Å²) in [5.74, 6) is -0.895. The first kappa shape index (κ1) is 16.7. The fourth-order valence-corrected chi connectivity index (χ4v) is 1.66. The van der Waals surface area contributed by atoms with Crippen molar-refractivity contribution < 1.29 is 14.7 Å². The van der Waals surface area contributed by atoms with Crippen LogP contribution in [0, 0.1) is 5.41 Å². The van der Waals surface area contributed by atoms with E-state index in [2.05, 4.69) is 5.32 Å². The lowest BCUT2D eigenvalue weighted by Crippen LogP contribution is -2.50. The molecule has 5 nitrogen and oxygen atoms in total. The Morgan fingerprint density at radius 1 is 1.28 bits per heavy atom. The Morgan fingerprint density at radius 2 is 1.83 bits per heavy atom. The molecule has 0 saturated carbocycles. The summed E-state index contributed by atoms with van der Waals surface area (Å²) in [6.45, 7) is 11.0. The summed E-state index contributed by atoms with van der Waals surface area (Å²) in [6, 6.07) is -0.547. The first-order valence-corrected chi connectivity index (χ1v) is 6.49. The minimum atomic E-state index is -0.895. The van der Waals surface area contributed by atoms with E-state index in [-0.39, 0.29) is 23.9 Å². The summed E-state index contributed by atoms with van der Waals surface area (Å²) in [5.41, 5.74) is -0.278. The molecule has 0 bridgehead atoms. The maximum absolute atomic E-state index is 12.0. The number of hydrogen-bond donors (Lipinski definition) is 2. The lowest BCUT2D eigenvalue weighted by atomic mass is 9.85. The number of carbonyl (C=O) groups excluding carboxylic acids is 1. The molecule has 0 aliphatic carbocycles. The fraction of sp³-hybridized carbons (Fsp3) is 0.846. The molecule has 2 N–H and O–H groups in total. The largest absolute Gasteiger partial charge is 0.481 e. The van der Waals surface area contributed by atoms with Crippen molar-refractivity contribution in [2.45, 2.75) is 53.5 Å². The van der Waals surface area contributed by atoms with Crippen LogP contribution in [0.15, 0.2) is 0 Å². The number of hydrogen-bond acceptors (Lipinski definition) is 2. The quantitative estimate of drug-likeness (QED) is 0.768. The molecule has 0 rings (SSSR count). The van der Waals surface area contributed by atoms with Gasteiger partial charge in [-0.1, -0.05) is 27.7 Å². The average molecular weight is 258 g/mol. The van der Waals surface area contributed by atoms with Crippen molar-refractivity contribution in [2.75, 3.05) is 13.1 Å². The van der Waals surface area contributed by atoms with Crippen molar-refractivity contribution in [2.24, 2.45) is 5.41 Å². The average Bonchev–Trinajstić information content (AvgIpc) is 2.22. The Morgan fingerprint density at radius 3 is 2.17 bits per heavy atom. The summed E-state index contributed by atoms with van der Waals surface area (Å²) in [5, 5.41) is 11.7. The lowest BCUT2D eigenvalue weighted by molar-refractivity contribution is -0.138. The normalized spacial score (nSPS) is 12.9. The van der Waals surface area contributed by atoms with Gasteiger partial charge in [-0.05, 0) is 18.8 Å². The standard InChI is InChI=1S/C13H26N2O3/c1-6-8-15(7-2)12(18)14-10(9-11(16)17)13(3,4)5/h10H,6-9H2,1-5H3,(H,14,18)(H,16,17). The van der Waals surface area contributed by atoms with Gasteiger partial charge in [-0.25, -0.2) is 4.79 Å². The molecule has 0 aliphatic heterocycles. The van der Waals surface area contributed by atoms with Gasteiger partial charge in [-0.2, -0.15) is 0 Å². The summed E-state index contributed by atoms with van der Waals surface area (Å²) < 4.78 is 0. The van der Waals surface area contributed by atoms with Gasteiger partial charge in [0.1, 0.15) is 0 Å². The number of nitrogens with zero attached hydrogens (tertiary/aromatic N) is 1. The second-order valence-electron chi connectivity index (χ2n) is 5.55. The zero-order chi connectivity index (χ0) is 14.3. The molecular weight excluding hydrogens is 232 g/mol. The summed E-state index contributed by atoms with van der Waals surface area (Å²) in [6.07, 6.45) is 0.833. The molecule has 0 heterocycles. The number of rotatable bonds is 6. The Hall–Kier alpha value is -1.26. The van der Waals surface area contributed by atoms with Crippen molar-refractivity contribution >= 4 is 12.0 Å². The van der Waals surface area contributed by atoms with Crippen molar-refractivity contribution in [3.8, 4) is 0 Å². The monoisotopic (exact) mass is 258 g/mol. The van der Waals surface area contributed by atoms with Crippen LogP contribution >= 0.6 is 0 Å². The van der Waals surface area contributed by atoms with E-state index in [9.17, 15) is 9.59 Å². The highest BCUT2D eigenvalue weighted by Crippen LogP contribution is 2.22. The molecule has 0 aliphatic rings. The van der Waals surface area contributed by atoms with E-state index >= 15 is 0 Å². The SMILES string of the molecule is CCCN(CC)C(=O)NC(CC(=O)O)C(C)(C)C. The Labute approximate surface area is 110 Å². The van der Waals surface area contributed by atoms with E-state index in [1.807, 2.05) is 34.6 Å². The minimum Gasteiger partial charge on any atom is -0.481 e. The third-order valence-corrected chi connectivity index (χ3v) is 2.88. The van der Waals surface area contributed by atoms with Gasteiger partial charge < -0.3 is 15.3 Å². The van der Waals surface area contributed by atoms with Gasteiger partial charge in [0.25, 0.3) is 0 Å². The first-order chi connectivity index (χ1) is 8.22. The highest BCUT2D eigenvalue weighted by molar-refractivity contribution is 5.76. The Balaban J connectivity index is 4.66. The van der Waals surface area contributed by atoms with E-state index in [0.29, 0.717) is 13.1 Å². The predicted octanol–water partition coefficient (Wildman–Crippen LogP) is 2.32. The van der Waals surface area contributed by atoms with E-state index in [1.54, 1.807) is 4.90 Å². The predicted molar refractivity (Wildman–Crippen MR) is 71.6 cm³/mol. The molecule has 1 unspecified atom stereocenters. The number of carboxylic acids is 1. The van der Waals surface area contributed by atoms with E-state index < -0.39 is 5.97 Å². The number of urea groups is 1. The van der Waals surface area contributed by atoms with Crippen LogP contribution in [-0.2, 0) is 4.79 Å². The van der Waals surface area contributed by atoms with Crippen molar-refractivity contribution in [1.29, 1.82) is 0 Å². The van der Waals surface area contributed by atoms with E-state index in [0.717, 1.165) is 6.42 Å². The van der Waals surface area contributed by atoms with Crippen LogP contribution in [0.1, 0.15) is 47.5 Å². The second kappa shape index (κ2) is 7.24. The van der Waals surface area contributed by atoms with Crippen LogP contribution in [-0.4, -0.2) is 41.1 Å². The number of carboxylic acid groups (broad SMARTS) is 1. The summed E-state index contributed by atoms with van der Waals surface area (Å²) in [4.78, 5) is 24.6. The van der Waals surface area contributed by atoms with Gasteiger partial charge in [-0.15, -0.1) is 0 Å². The van der Waals surface area contributed by atoms with Crippen molar-refractivity contribution in [3.05, 3.63) is 0 Å². The van der Waals surface area contributed by atoms with Crippen LogP contribution in [0.2, 0.25) is 0 Å². The highest BCUT2D eigenvalue weighted by Gasteiger charge is 2.29. The molecule has 106 valence electrons. The smallest absolute Gasteiger partial charge is 0.317 e. The molecule has 0 spiro atoms. The molecule has 0 aromatic rings. The van der Waals surface area contributed by atoms with E-state index in [1.165, 1.54) is 0 Å². The van der Waals surface area contributed by atoms with Crippen molar-refractivity contribution in [3.63, 3.8) is 0 Å². The first-order valence-electron chi connectivity index (χ1n) is 6.49. The summed E-state index contributed by atoms with van der Waals surface area (Å²) in [7, 11) is 0. The third kappa shape index (κ3) is 5.89. The molecule has 0 fully saturated rings. The van der Waals surface area contributed by atoms with Gasteiger partial charge in [0, 0.05) is 19.1 Å². The van der Waals surface area contributed by atoms with Crippen LogP contribution < -0.4 is 5.32 Å². The van der Waals surface area contributed by atoms with Crippen molar-refractivity contribution in [1.82, 2.24) is 10.2 Å².